The summed E-state index contributed by atoms with van der Waals surface area (Å²) in [5.41, 5.74) is 0.698. The van der Waals surface area contributed by atoms with Crippen LogP contribution in [0.4, 0.5) is 4.39 Å². The van der Waals surface area contributed by atoms with Crippen molar-refractivity contribution in [1.29, 1.82) is 0 Å². The van der Waals surface area contributed by atoms with E-state index >= 15 is 0 Å². The van der Waals surface area contributed by atoms with Gasteiger partial charge in [-0.25, -0.2) is 9.49 Å². The summed E-state index contributed by atoms with van der Waals surface area (Å²) in [6, 6.07) is 11.1. The van der Waals surface area contributed by atoms with Gasteiger partial charge in [0.2, 0.25) is 5.91 Å². The summed E-state index contributed by atoms with van der Waals surface area (Å²) in [6.07, 6.45) is -4.95. The first-order chi connectivity index (χ1) is 17.4. The van der Waals surface area contributed by atoms with Gasteiger partial charge in [-0.05, 0) is 36.5 Å². The first-order valence-corrected chi connectivity index (χ1v) is 10.2. The lowest BCUT2D eigenvalue weighted by Crippen LogP contribution is -2.51. The van der Waals surface area contributed by atoms with E-state index in [9.17, 15) is 18.8 Å². The second-order valence-corrected chi connectivity index (χ2v) is 7.75. The van der Waals surface area contributed by atoms with Crippen LogP contribution in [-0.4, -0.2) is 58.0 Å². The second kappa shape index (κ2) is 8.18. The number of rotatable bonds is 4. The summed E-state index contributed by atoms with van der Waals surface area (Å²) in [7, 11) is 0. The first-order valence-electron chi connectivity index (χ1n) is 12.7. The number of H-pyrrole nitrogens is 1. The molecule has 2 fully saturated rings. The van der Waals surface area contributed by atoms with Crippen LogP contribution >= 0.6 is 0 Å². The lowest BCUT2D eigenvalue weighted by molar-refractivity contribution is -0.134. The molecule has 0 atom stereocenters. The van der Waals surface area contributed by atoms with Crippen molar-refractivity contribution in [3.8, 4) is 0 Å². The van der Waals surface area contributed by atoms with Gasteiger partial charge in [0.05, 0.1) is 16.6 Å². The molecule has 32 heavy (non-hydrogen) atoms. The third kappa shape index (κ3) is 3.88. The molecule has 8 heteroatoms. The maximum atomic E-state index is 14.7. The lowest BCUT2D eigenvalue weighted by Gasteiger charge is -2.35. The van der Waals surface area contributed by atoms with Crippen molar-refractivity contribution >= 4 is 22.6 Å². The maximum absolute atomic E-state index is 14.7. The van der Waals surface area contributed by atoms with E-state index in [1.54, 1.807) is 24.3 Å². The molecule has 2 amide bonds. The highest BCUT2D eigenvalue weighted by molar-refractivity contribution is 5.95. The third-order valence-corrected chi connectivity index (χ3v) is 5.73. The van der Waals surface area contributed by atoms with Crippen LogP contribution in [0.5, 0.6) is 0 Å². The van der Waals surface area contributed by atoms with Crippen molar-refractivity contribution in [3.05, 3.63) is 75.5 Å². The van der Waals surface area contributed by atoms with Gasteiger partial charge < -0.3 is 9.80 Å². The number of halogens is 1. The van der Waals surface area contributed by atoms with Crippen molar-refractivity contribution in [1.82, 2.24) is 20.0 Å². The van der Waals surface area contributed by atoms with E-state index in [1.807, 2.05) is 0 Å². The zero-order chi connectivity index (χ0) is 26.8. The molecule has 0 unspecified atom stereocenters. The first kappa shape index (κ1) is 15.3. The van der Waals surface area contributed by atoms with Crippen molar-refractivity contribution in [2.45, 2.75) is 19.2 Å². The molecule has 2 aliphatic rings. The second-order valence-electron chi connectivity index (χ2n) is 7.75. The highest BCUT2D eigenvalue weighted by Crippen LogP contribution is 2.31. The number of benzene rings is 2. The van der Waals surface area contributed by atoms with E-state index in [0.717, 1.165) is 0 Å². The average molecular weight is 440 g/mol. The molecule has 1 saturated heterocycles. The molecule has 0 spiro atoms. The van der Waals surface area contributed by atoms with E-state index < -0.39 is 36.3 Å². The number of aromatic amines is 1. The van der Waals surface area contributed by atoms with Gasteiger partial charge in [0, 0.05) is 50.7 Å². The van der Waals surface area contributed by atoms with Crippen LogP contribution in [-0.2, 0) is 11.2 Å². The number of carbonyl (C=O) groups excluding carboxylic acids is 2. The van der Waals surface area contributed by atoms with Crippen LogP contribution in [0.15, 0.2) is 47.3 Å². The van der Waals surface area contributed by atoms with Gasteiger partial charge in [-0.1, -0.05) is 24.3 Å². The van der Waals surface area contributed by atoms with E-state index in [4.69, 9.17) is 6.85 Å². The van der Waals surface area contributed by atoms with E-state index in [-0.39, 0.29) is 43.7 Å². The summed E-state index contributed by atoms with van der Waals surface area (Å²) in [5.74, 6) is -4.77. The largest absolute Gasteiger partial charge is 0.339 e. The Labute approximate surface area is 190 Å². The molecule has 1 aliphatic heterocycles. The SMILES string of the molecule is [2H]C1([2H])C([2H])([2H])C1([2H])C(=O)N1CCN(C(=O)c2cc(Cc3n[nH]c(=O)c4ccccc34)ccc2F)CC1. The van der Waals surface area contributed by atoms with Gasteiger partial charge in [0.15, 0.2) is 0 Å². The molecule has 2 heterocycles. The topological polar surface area (TPSA) is 86.4 Å². The minimum atomic E-state index is -2.60. The van der Waals surface area contributed by atoms with Crippen LogP contribution in [0.25, 0.3) is 10.8 Å². The highest BCUT2D eigenvalue weighted by atomic mass is 19.1. The number of hydrogen-bond donors (Lipinski definition) is 1. The number of carbonyl (C=O) groups is 2. The van der Waals surface area contributed by atoms with Crippen LogP contribution in [0.2, 0.25) is 0 Å². The van der Waals surface area contributed by atoms with Gasteiger partial charge in [0.25, 0.3) is 11.5 Å². The Morgan fingerprint density at radius 2 is 1.78 bits per heavy atom. The Morgan fingerprint density at radius 1 is 1.09 bits per heavy atom. The molecule has 1 N–H and O–H groups in total. The molecule has 0 bridgehead atoms. The fraction of sp³-hybridized carbons (Fsp3) is 0.333. The molecule has 2 aromatic carbocycles. The van der Waals surface area contributed by atoms with Gasteiger partial charge in [-0.15, -0.1) is 0 Å². The van der Waals surface area contributed by atoms with Crippen molar-refractivity contribution < 1.29 is 20.8 Å². The minimum absolute atomic E-state index is 0.0219. The van der Waals surface area contributed by atoms with Crippen molar-refractivity contribution in [2.24, 2.45) is 5.89 Å². The standard InChI is InChI=1S/C24H23FN4O3/c25-20-8-5-15(14-21-17-3-1-2-4-18(17)22(30)27-26-21)13-19(20)24(32)29-11-9-28(10-12-29)23(31)16-6-7-16/h1-5,8,13,16H,6-7,9-12,14H2,(H,27,30)/i6D2,7D2,16D. The maximum Gasteiger partial charge on any atom is 0.272 e. The average Bonchev–Trinajstić information content (AvgIpc) is 3.22. The van der Waals surface area contributed by atoms with Crippen molar-refractivity contribution in [2.75, 3.05) is 26.2 Å². The normalized spacial score (nSPS) is 22.8. The van der Waals surface area contributed by atoms with E-state index in [2.05, 4.69) is 10.2 Å². The predicted molar refractivity (Wildman–Crippen MR) is 117 cm³/mol. The fourth-order valence-corrected chi connectivity index (χ4v) is 3.93. The monoisotopic (exact) mass is 439 g/mol. The molecule has 1 aliphatic carbocycles. The Kier molecular flexibility index (Phi) is 3.91. The molecule has 3 aromatic rings. The summed E-state index contributed by atoms with van der Waals surface area (Å²) in [5, 5.41) is 7.71. The zero-order valence-corrected chi connectivity index (χ0v) is 17.0. The van der Waals surface area contributed by atoms with Crippen LogP contribution in [0.3, 0.4) is 0 Å². The number of amides is 2. The van der Waals surface area contributed by atoms with E-state index in [1.165, 1.54) is 28.0 Å². The predicted octanol–water partition coefficient (Wildman–Crippen LogP) is 2.35. The van der Waals surface area contributed by atoms with Gasteiger partial charge >= 0.3 is 0 Å². The summed E-state index contributed by atoms with van der Waals surface area (Å²) < 4.78 is 53.5. The molecule has 0 radical (unpaired) electrons. The number of piperazine rings is 1. The molecule has 1 aromatic heterocycles. The van der Waals surface area contributed by atoms with Gasteiger partial charge in [-0.3, -0.25) is 14.4 Å². The Morgan fingerprint density at radius 3 is 2.50 bits per heavy atom. The molecule has 5 rings (SSSR count). The summed E-state index contributed by atoms with van der Waals surface area (Å²) >= 11 is 0. The molecule has 1 saturated carbocycles. The van der Waals surface area contributed by atoms with E-state index in [0.29, 0.717) is 22.0 Å². The Balaban J connectivity index is 1.31. The molecule has 7 nitrogen and oxygen atoms in total. The fourth-order valence-electron chi connectivity index (χ4n) is 3.93. The number of hydrogen-bond acceptors (Lipinski definition) is 4. The number of nitrogens with one attached hydrogen (secondary N) is 1. The Hall–Kier alpha value is -3.55. The van der Waals surface area contributed by atoms with Gasteiger partial charge in [0.1, 0.15) is 5.82 Å². The number of nitrogens with zero attached hydrogens (tertiary/aromatic N) is 3. The number of fused-ring (bicyclic) bond motifs is 1. The zero-order valence-electron chi connectivity index (χ0n) is 22.0. The molecular formula is C24H23FN4O3. The third-order valence-electron chi connectivity index (χ3n) is 5.73. The van der Waals surface area contributed by atoms with Crippen LogP contribution < -0.4 is 5.56 Å². The Bertz CT molecular complexity index is 1470. The number of aromatic nitrogens is 2. The summed E-state index contributed by atoms with van der Waals surface area (Å²) in [6.45, 7) is 0.0167. The van der Waals surface area contributed by atoms with Crippen LogP contribution in [0, 0.1) is 11.7 Å². The van der Waals surface area contributed by atoms with Gasteiger partial charge in [-0.2, -0.15) is 5.10 Å². The highest BCUT2D eigenvalue weighted by Gasteiger charge is 2.35. The smallest absolute Gasteiger partial charge is 0.272 e. The molecular weight excluding hydrogens is 411 g/mol. The van der Waals surface area contributed by atoms with Crippen LogP contribution in [0.1, 0.15) is 41.2 Å². The lowest BCUT2D eigenvalue weighted by atomic mass is 10.0. The molecule has 164 valence electrons. The quantitative estimate of drug-likeness (QED) is 0.676. The van der Waals surface area contributed by atoms with Crippen molar-refractivity contribution in [3.63, 3.8) is 0 Å². The minimum Gasteiger partial charge on any atom is -0.339 e. The summed E-state index contributed by atoms with van der Waals surface area (Å²) in [4.78, 5) is 40.4.